The smallest absolute Gasteiger partial charge is 0.304 e. The number of halogens is 2. The number of benzene rings is 1. The Labute approximate surface area is 143 Å². The van der Waals surface area contributed by atoms with E-state index in [0.29, 0.717) is 10.3 Å². The quantitative estimate of drug-likeness (QED) is 0.776. The van der Waals surface area contributed by atoms with Gasteiger partial charge in [0.05, 0.1) is 17.5 Å². The lowest BCUT2D eigenvalue weighted by atomic mass is 9.59. The van der Waals surface area contributed by atoms with Gasteiger partial charge in [-0.3, -0.25) is 4.79 Å². The van der Waals surface area contributed by atoms with E-state index in [1.165, 1.54) is 12.1 Å². The van der Waals surface area contributed by atoms with Crippen molar-refractivity contribution in [3.05, 3.63) is 64.1 Å². The van der Waals surface area contributed by atoms with Crippen LogP contribution in [-0.2, 0) is 10.2 Å². The number of carboxylic acid groups (broad SMARTS) is 1. The van der Waals surface area contributed by atoms with E-state index in [4.69, 9.17) is 0 Å². The van der Waals surface area contributed by atoms with Crippen molar-refractivity contribution in [3.63, 3.8) is 0 Å². The molecule has 1 N–H and O–H groups in total. The topological polar surface area (TPSA) is 50.2 Å². The molecule has 0 saturated heterocycles. The van der Waals surface area contributed by atoms with Gasteiger partial charge in [0.15, 0.2) is 0 Å². The predicted octanol–water partition coefficient (Wildman–Crippen LogP) is 4.79. The molecule has 0 amide bonds. The number of aliphatic carboxylic acids is 1. The fourth-order valence-corrected chi connectivity index (χ4v) is 3.37. The monoisotopic (exact) mass is 379 g/mol. The van der Waals surface area contributed by atoms with Gasteiger partial charge in [-0.2, -0.15) is 0 Å². The third-order valence-corrected chi connectivity index (χ3v) is 4.63. The lowest BCUT2D eigenvalue weighted by molar-refractivity contribution is -0.139. The summed E-state index contributed by atoms with van der Waals surface area (Å²) < 4.78 is 14.0. The van der Waals surface area contributed by atoms with Crippen LogP contribution in [0.3, 0.4) is 0 Å². The normalized spacial score (nSPS) is 14.3. The van der Waals surface area contributed by atoms with E-state index in [9.17, 15) is 14.3 Å². The molecule has 0 aliphatic rings. The molecule has 1 heterocycles. The molecule has 122 valence electrons. The first-order valence-electron chi connectivity index (χ1n) is 7.28. The largest absolute Gasteiger partial charge is 0.481 e. The second-order valence-corrected chi connectivity index (χ2v) is 7.39. The van der Waals surface area contributed by atoms with Gasteiger partial charge in [0.25, 0.3) is 0 Å². The van der Waals surface area contributed by atoms with Crippen LogP contribution in [0.2, 0.25) is 0 Å². The maximum Gasteiger partial charge on any atom is 0.304 e. The number of carboxylic acids is 1. The van der Waals surface area contributed by atoms with Crippen molar-refractivity contribution in [3.8, 4) is 0 Å². The van der Waals surface area contributed by atoms with Gasteiger partial charge in [0.1, 0.15) is 10.4 Å². The Hall–Kier alpha value is -1.75. The molecule has 0 fully saturated rings. The zero-order chi connectivity index (χ0) is 17.3. The highest BCUT2D eigenvalue weighted by Gasteiger charge is 2.47. The van der Waals surface area contributed by atoms with Crippen LogP contribution in [0.5, 0.6) is 0 Å². The summed E-state index contributed by atoms with van der Waals surface area (Å²) >= 11 is 3.35. The zero-order valence-electron chi connectivity index (χ0n) is 13.3. The van der Waals surface area contributed by atoms with Gasteiger partial charge in [-0.1, -0.05) is 39.0 Å². The van der Waals surface area contributed by atoms with Crippen molar-refractivity contribution in [2.75, 3.05) is 0 Å². The maximum absolute atomic E-state index is 13.4. The number of hydrogen-bond acceptors (Lipinski definition) is 2. The maximum atomic E-state index is 13.4. The minimum atomic E-state index is -0.925. The minimum Gasteiger partial charge on any atom is -0.481 e. The molecule has 2 rings (SSSR count). The fourth-order valence-electron chi connectivity index (χ4n) is 3.03. The first-order valence-corrected chi connectivity index (χ1v) is 8.07. The molecule has 5 heteroatoms. The Bertz CT molecular complexity index is 710. The summed E-state index contributed by atoms with van der Waals surface area (Å²) in [5.41, 5.74) is 0.0561. The predicted molar refractivity (Wildman–Crippen MR) is 90.8 cm³/mol. The number of rotatable bonds is 4. The van der Waals surface area contributed by atoms with Crippen molar-refractivity contribution in [2.24, 2.45) is 5.41 Å². The summed E-state index contributed by atoms with van der Waals surface area (Å²) in [5.74, 6) is -1.28. The van der Waals surface area contributed by atoms with Gasteiger partial charge < -0.3 is 5.11 Å². The summed E-state index contributed by atoms with van der Waals surface area (Å²) in [6.45, 7) is 5.92. The summed E-state index contributed by atoms with van der Waals surface area (Å²) in [6.07, 6.45) is -0.133. The van der Waals surface area contributed by atoms with Gasteiger partial charge in [-0.25, -0.2) is 9.37 Å². The van der Waals surface area contributed by atoms with Crippen LogP contribution in [0.4, 0.5) is 4.39 Å². The molecule has 0 radical (unpaired) electrons. The molecule has 0 spiro atoms. The van der Waals surface area contributed by atoms with Crippen LogP contribution in [-0.4, -0.2) is 16.1 Å². The molecular formula is C18H19BrFNO2. The van der Waals surface area contributed by atoms with Crippen LogP contribution in [0, 0.1) is 11.2 Å². The van der Waals surface area contributed by atoms with Crippen molar-refractivity contribution < 1.29 is 14.3 Å². The molecule has 0 aliphatic heterocycles. The summed E-state index contributed by atoms with van der Waals surface area (Å²) in [5, 5.41) is 9.55. The van der Waals surface area contributed by atoms with Gasteiger partial charge >= 0.3 is 5.97 Å². The molecule has 0 bridgehead atoms. The lowest BCUT2D eigenvalue weighted by Crippen LogP contribution is -2.44. The van der Waals surface area contributed by atoms with Crippen molar-refractivity contribution in [1.82, 2.24) is 4.98 Å². The number of carbonyl (C=O) groups is 1. The lowest BCUT2D eigenvalue weighted by Gasteiger charge is -2.44. The van der Waals surface area contributed by atoms with E-state index in [0.717, 1.165) is 5.56 Å². The number of hydrogen-bond donors (Lipinski definition) is 1. The van der Waals surface area contributed by atoms with Crippen molar-refractivity contribution >= 4 is 21.9 Å². The van der Waals surface area contributed by atoms with Crippen LogP contribution in [0.1, 0.15) is 38.4 Å². The van der Waals surface area contributed by atoms with E-state index < -0.39 is 16.8 Å². The van der Waals surface area contributed by atoms with Crippen LogP contribution in [0.15, 0.2) is 47.1 Å². The van der Waals surface area contributed by atoms with Crippen LogP contribution in [0.25, 0.3) is 0 Å². The standard InChI is InChI=1S/C18H19BrFNO2/c1-17(2,3)18(11-16(22)23,12-7-9-13(20)10-8-12)14-5-4-6-15(19)21-14/h4-10H,11H2,1-3H3,(H,22,23). The molecule has 1 aromatic carbocycles. The van der Waals surface area contributed by atoms with Gasteiger partial charge in [0.2, 0.25) is 0 Å². The zero-order valence-corrected chi connectivity index (χ0v) is 14.9. The third-order valence-electron chi connectivity index (χ3n) is 4.19. The molecule has 0 saturated carbocycles. The Kier molecular flexibility index (Phi) is 4.90. The van der Waals surface area contributed by atoms with E-state index in [1.54, 1.807) is 18.2 Å². The fraction of sp³-hybridized carbons (Fsp3) is 0.333. The van der Waals surface area contributed by atoms with Gasteiger partial charge in [-0.15, -0.1) is 0 Å². The molecule has 3 nitrogen and oxygen atoms in total. The Morgan fingerprint density at radius 1 is 1.17 bits per heavy atom. The first kappa shape index (κ1) is 17.6. The van der Waals surface area contributed by atoms with E-state index in [2.05, 4.69) is 20.9 Å². The second-order valence-electron chi connectivity index (χ2n) is 6.58. The molecule has 23 heavy (non-hydrogen) atoms. The number of nitrogens with zero attached hydrogens (tertiary/aromatic N) is 1. The van der Waals surface area contributed by atoms with Gasteiger partial charge in [-0.05, 0) is 51.2 Å². The highest BCUT2D eigenvalue weighted by Crippen LogP contribution is 2.49. The molecule has 2 aromatic rings. The number of pyridine rings is 1. The highest BCUT2D eigenvalue weighted by atomic mass is 79.9. The summed E-state index contributed by atoms with van der Waals surface area (Å²) in [4.78, 5) is 16.2. The minimum absolute atomic E-state index is 0.133. The molecule has 0 aliphatic carbocycles. The van der Waals surface area contributed by atoms with Crippen LogP contribution >= 0.6 is 15.9 Å². The molecule has 1 atom stereocenters. The number of aromatic nitrogens is 1. The highest BCUT2D eigenvalue weighted by molar-refractivity contribution is 9.10. The molecule has 1 aromatic heterocycles. The Morgan fingerprint density at radius 2 is 1.78 bits per heavy atom. The third kappa shape index (κ3) is 3.44. The van der Waals surface area contributed by atoms with Crippen molar-refractivity contribution in [1.29, 1.82) is 0 Å². The Balaban J connectivity index is 2.79. The molecule has 1 unspecified atom stereocenters. The summed E-state index contributed by atoms with van der Waals surface area (Å²) in [6, 6.07) is 11.5. The summed E-state index contributed by atoms with van der Waals surface area (Å²) in [7, 11) is 0. The van der Waals surface area contributed by atoms with E-state index in [1.807, 2.05) is 32.9 Å². The average molecular weight is 380 g/mol. The molecular weight excluding hydrogens is 361 g/mol. The van der Waals surface area contributed by atoms with E-state index >= 15 is 0 Å². The van der Waals surface area contributed by atoms with Crippen molar-refractivity contribution in [2.45, 2.75) is 32.6 Å². The van der Waals surface area contributed by atoms with Gasteiger partial charge in [0, 0.05) is 0 Å². The van der Waals surface area contributed by atoms with E-state index in [-0.39, 0.29) is 12.2 Å². The Morgan fingerprint density at radius 3 is 2.26 bits per heavy atom. The second kappa shape index (κ2) is 6.40. The first-order chi connectivity index (χ1) is 10.7. The SMILES string of the molecule is CC(C)(C)C(CC(=O)O)(c1ccc(F)cc1)c1cccc(Br)n1. The van der Waals surface area contributed by atoms with Crippen LogP contribution < -0.4 is 0 Å². The average Bonchev–Trinajstić information content (AvgIpc) is 2.44.